The maximum Gasteiger partial charge on any atom is 0.264 e. The van der Waals surface area contributed by atoms with Crippen LogP contribution in [0, 0.1) is 0 Å². The second-order valence-electron chi connectivity index (χ2n) is 5.32. The molecule has 2 atom stereocenters. The van der Waals surface area contributed by atoms with Gasteiger partial charge in [0.1, 0.15) is 0 Å². The van der Waals surface area contributed by atoms with Crippen molar-refractivity contribution >= 4 is 39.1 Å². The number of rotatable bonds is 4. The van der Waals surface area contributed by atoms with Gasteiger partial charge in [0.2, 0.25) is 5.91 Å². The molecule has 2 rings (SSSR count). The molecule has 1 aromatic rings. The Labute approximate surface area is 137 Å². The lowest BCUT2D eigenvalue weighted by Gasteiger charge is -2.31. The van der Waals surface area contributed by atoms with Gasteiger partial charge in [-0.1, -0.05) is 0 Å². The van der Waals surface area contributed by atoms with E-state index in [1.165, 1.54) is 16.2 Å². The SMILES string of the molecule is CC1NCCCC1NC(=O)CN(C)C(=O)c1ccc(Br)s1. The fourth-order valence-corrected chi connectivity index (χ4v) is 3.78. The number of likely N-dealkylation sites (N-methyl/N-ethyl adjacent to an activating group) is 1. The first-order valence-electron chi connectivity index (χ1n) is 7.01. The first-order chi connectivity index (χ1) is 9.97. The van der Waals surface area contributed by atoms with Crippen molar-refractivity contribution in [3.05, 3.63) is 20.8 Å². The standard InChI is InChI=1S/C14H20BrN3O2S/c1-9-10(4-3-7-16-9)17-13(19)8-18(2)14(20)11-5-6-12(15)21-11/h5-6,9-10,16H,3-4,7-8H2,1-2H3,(H,17,19). The van der Waals surface area contributed by atoms with Crippen molar-refractivity contribution in [3.8, 4) is 0 Å². The van der Waals surface area contributed by atoms with Gasteiger partial charge in [-0.05, 0) is 54.4 Å². The van der Waals surface area contributed by atoms with E-state index in [1.54, 1.807) is 13.1 Å². The van der Waals surface area contributed by atoms with Gasteiger partial charge in [-0.2, -0.15) is 0 Å². The second kappa shape index (κ2) is 7.38. The highest BCUT2D eigenvalue weighted by atomic mass is 79.9. The third kappa shape index (κ3) is 4.52. The summed E-state index contributed by atoms with van der Waals surface area (Å²) >= 11 is 4.71. The van der Waals surface area contributed by atoms with E-state index in [0.717, 1.165) is 23.2 Å². The Morgan fingerprint density at radius 3 is 2.90 bits per heavy atom. The summed E-state index contributed by atoms with van der Waals surface area (Å²) in [6.45, 7) is 3.15. The van der Waals surface area contributed by atoms with E-state index >= 15 is 0 Å². The Hall–Kier alpha value is -0.920. The molecule has 1 fully saturated rings. The zero-order chi connectivity index (χ0) is 15.4. The van der Waals surface area contributed by atoms with E-state index in [9.17, 15) is 9.59 Å². The number of piperidine rings is 1. The number of nitrogens with zero attached hydrogens (tertiary/aromatic N) is 1. The average Bonchev–Trinajstić information content (AvgIpc) is 2.87. The molecule has 1 aliphatic heterocycles. The van der Waals surface area contributed by atoms with Gasteiger partial charge in [-0.15, -0.1) is 11.3 Å². The maximum absolute atomic E-state index is 12.2. The maximum atomic E-state index is 12.2. The summed E-state index contributed by atoms with van der Waals surface area (Å²) in [7, 11) is 1.65. The van der Waals surface area contributed by atoms with Gasteiger partial charge in [-0.25, -0.2) is 0 Å². The van der Waals surface area contributed by atoms with E-state index in [1.807, 2.05) is 6.07 Å². The summed E-state index contributed by atoms with van der Waals surface area (Å²) in [5.74, 6) is -0.238. The first-order valence-corrected chi connectivity index (χ1v) is 8.62. The van der Waals surface area contributed by atoms with Gasteiger partial charge in [0.05, 0.1) is 15.2 Å². The number of hydrogen-bond donors (Lipinski definition) is 2. The molecule has 0 radical (unpaired) electrons. The van der Waals surface area contributed by atoms with Crippen LogP contribution >= 0.6 is 27.3 Å². The summed E-state index contributed by atoms with van der Waals surface area (Å²) in [5, 5.41) is 6.35. The molecule has 0 aliphatic carbocycles. The van der Waals surface area contributed by atoms with E-state index in [4.69, 9.17) is 0 Å². The fourth-order valence-electron chi connectivity index (χ4n) is 2.40. The van der Waals surface area contributed by atoms with E-state index in [2.05, 4.69) is 33.5 Å². The number of nitrogens with one attached hydrogen (secondary N) is 2. The molecule has 5 nitrogen and oxygen atoms in total. The molecule has 1 aromatic heterocycles. The van der Waals surface area contributed by atoms with E-state index in [0.29, 0.717) is 4.88 Å². The predicted molar refractivity (Wildman–Crippen MR) is 87.6 cm³/mol. The van der Waals surface area contributed by atoms with Crippen LogP contribution in [-0.4, -0.2) is 48.9 Å². The lowest BCUT2D eigenvalue weighted by Crippen LogP contribution is -2.53. The number of carbonyl (C=O) groups is 2. The van der Waals surface area contributed by atoms with Crippen molar-refractivity contribution in [2.75, 3.05) is 20.1 Å². The number of amides is 2. The van der Waals surface area contributed by atoms with Crippen molar-refractivity contribution in [1.29, 1.82) is 0 Å². The largest absolute Gasteiger partial charge is 0.350 e. The molecule has 0 spiro atoms. The van der Waals surface area contributed by atoms with Crippen molar-refractivity contribution in [2.45, 2.75) is 31.8 Å². The van der Waals surface area contributed by atoms with Crippen molar-refractivity contribution in [3.63, 3.8) is 0 Å². The van der Waals surface area contributed by atoms with Gasteiger partial charge < -0.3 is 15.5 Å². The first kappa shape index (κ1) is 16.5. The van der Waals surface area contributed by atoms with Crippen LogP contribution in [0.5, 0.6) is 0 Å². The molecule has 21 heavy (non-hydrogen) atoms. The minimum Gasteiger partial charge on any atom is -0.350 e. The quantitative estimate of drug-likeness (QED) is 0.846. The van der Waals surface area contributed by atoms with E-state index in [-0.39, 0.29) is 30.4 Å². The van der Waals surface area contributed by atoms with Gasteiger partial charge in [-0.3, -0.25) is 9.59 Å². The lowest BCUT2D eigenvalue weighted by molar-refractivity contribution is -0.122. The van der Waals surface area contributed by atoms with Crippen LogP contribution in [0.25, 0.3) is 0 Å². The summed E-state index contributed by atoms with van der Waals surface area (Å²) in [4.78, 5) is 26.3. The predicted octanol–water partition coefficient (Wildman–Crippen LogP) is 1.84. The Morgan fingerprint density at radius 2 is 2.29 bits per heavy atom. The topological polar surface area (TPSA) is 61.4 Å². The van der Waals surface area contributed by atoms with Crippen LogP contribution in [0.2, 0.25) is 0 Å². The highest BCUT2D eigenvalue weighted by Crippen LogP contribution is 2.22. The smallest absolute Gasteiger partial charge is 0.264 e. The molecule has 2 heterocycles. The van der Waals surface area contributed by atoms with Crippen molar-refractivity contribution in [2.24, 2.45) is 0 Å². The lowest BCUT2D eigenvalue weighted by atomic mass is 10.00. The Morgan fingerprint density at radius 1 is 1.52 bits per heavy atom. The second-order valence-corrected chi connectivity index (χ2v) is 7.79. The van der Waals surface area contributed by atoms with Crippen molar-refractivity contribution < 1.29 is 9.59 Å². The molecule has 7 heteroatoms. The molecule has 0 saturated carbocycles. The minimum absolute atomic E-state index is 0.0809. The fraction of sp³-hybridized carbons (Fsp3) is 0.571. The summed E-state index contributed by atoms with van der Waals surface area (Å²) in [6.07, 6.45) is 2.04. The third-order valence-electron chi connectivity index (χ3n) is 3.62. The van der Waals surface area contributed by atoms with Crippen molar-refractivity contribution in [1.82, 2.24) is 15.5 Å². The third-order valence-corrected chi connectivity index (χ3v) is 5.23. The Balaban J connectivity index is 1.85. The number of thiophene rings is 1. The average molecular weight is 374 g/mol. The van der Waals surface area contributed by atoms with Gasteiger partial charge in [0.15, 0.2) is 0 Å². The van der Waals surface area contributed by atoms with Crippen LogP contribution in [0.3, 0.4) is 0 Å². The minimum atomic E-state index is -0.129. The normalized spacial score (nSPS) is 21.9. The summed E-state index contributed by atoms with van der Waals surface area (Å²) < 4.78 is 0.908. The van der Waals surface area contributed by atoms with Crippen LogP contribution < -0.4 is 10.6 Å². The Bertz CT molecular complexity index is 520. The summed E-state index contributed by atoms with van der Waals surface area (Å²) in [5.41, 5.74) is 0. The van der Waals surface area contributed by atoms with Crippen LogP contribution in [0.4, 0.5) is 0 Å². The molecule has 0 bridgehead atoms. The monoisotopic (exact) mass is 373 g/mol. The number of hydrogen-bond acceptors (Lipinski definition) is 4. The summed E-state index contributed by atoms with van der Waals surface area (Å²) in [6, 6.07) is 4.02. The molecular weight excluding hydrogens is 354 g/mol. The molecule has 0 aromatic carbocycles. The van der Waals surface area contributed by atoms with Gasteiger partial charge in [0.25, 0.3) is 5.91 Å². The molecule has 116 valence electrons. The van der Waals surface area contributed by atoms with Crippen LogP contribution in [-0.2, 0) is 4.79 Å². The molecule has 2 unspecified atom stereocenters. The highest BCUT2D eigenvalue weighted by molar-refractivity contribution is 9.11. The number of halogens is 1. The van der Waals surface area contributed by atoms with Gasteiger partial charge >= 0.3 is 0 Å². The zero-order valence-electron chi connectivity index (χ0n) is 12.2. The van der Waals surface area contributed by atoms with Gasteiger partial charge in [0, 0.05) is 19.1 Å². The highest BCUT2D eigenvalue weighted by Gasteiger charge is 2.23. The zero-order valence-corrected chi connectivity index (χ0v) is 14.6. The molecule has 1 saturated heterocycles. The van der Waals surface area contributed by atoms with E-state index < -0.39 is 0 Å². The molecule has 2 N–H and O–H groups in total. The Kier molecular flexibility index (Phi) is 5.78. The van der Waals surface area contributed by atoms with Crippen LogP contribution in [0.15, 0.2) is 15.9 Å². The van der Waals surface area contributed by atoms with Crippen LogP contribution in [0.1, 0.15) is 29.4 Å². The molecular formula is C14H20BrN3O2S. The number of carbonyl (C=O) groups excluding carboxylic acids is 2. The molecule has 1 aliphatic rings. The molecule has 2 amide bonds.